The molecule has 18 heavy (non-hydrogen) atoms. The van der Waals surface area contributed by atoms with E-state index in [2.05, 4.69) is 26.0 Å². The highest BCUT2D eigenvalue weighted by Gasteiger charge is 2.09. The van der Waals surface area contributed by atoms with Crippen LogP contribution in [0, 0.1) is 0 Å². The predicted octanol–water partition coefficient (Wildman–Crippen LogP) is 3.23. The molecular weight excluding hydrogens is 316 g/mol. The summed E-state index contributed by atoms with van der Waals surface area (Å²) < 4.78 is 4.71. The van der Waals surface area contributed by atoms with Gasteiger partial charge < -0.3 is 4.57 Å². The number of imidazole rings is 1. The number of hydrogen-bond acceptors (Lipinski definition) is 2. The van der Waals surface area contributed by atoms with Crippen LogP contribution in [0.3, 0.4) is 0 Å². The van der Waals surface area contributed by atoms with Crippen molar-refractivity contribution < 1.29 is 0 Å². The quantitative estimate of drug-likeness (QED) is 0.725. The van der Waals surface area contributed by atoms with Crippen molar-refractivity contribution in [3.63, 3.8) is 0 Å². The standard InChI is InChI=1S/C12H10BrClN4/c1-17-5-4-15-11(17)7-18-6-8-10(16-18)3-2-9(13)12(8)14/h2-6H,7H2,1H3. The molecule has 0 saturated carbocycles. The highest BCUT2D eigenvalue weighted by Crippen LogP contribution is 2.30. The van der Waals surface area contributed by atoms with Crippen LogP contribution < -0.4 is 0 Å². The minimum absolute atomic E-state index is 0.631. The van der Waals surface area contributed by atoms with E-state index in [1.165, 1.54) is 0 Å². The molecule has 6 heteroatoms. The smallest absolute Gasteiger partial charge is 0.130 e. The van der Waals surface area contributed by atoms with Gasteiger partial charge in [0.2, 0.25) is 0 Å². The number of fused-ring (bicyclic) bond motifs is 1. The molecule has 0 N–H and O–H groups in total. The zero-order valence-electron chi connectivity index (χ0n) is 9.64. The molecule has 2 aromatic heterocycles. The number of halogens is 2. The maximum absolute atomic E-state index is 6.23. The molecule has 2 heterocycles. The van der Waals surface area contributed by atoms with Crippen LogP contribution in [0.2, 0.25) is 5.02 Å². The second kappa shape index (κ2) is 4.40. The largest absolute Gasteiger partial charge is 0.336 e. The molecule has 0 unspecified atom stereocenters. The summed E-state index contributed by atoms with van der Waals surface area (Å²) in [5.41, 5.74) is 0.886. The number of benzene rings is 1. The van der Waals surface area contributed by atoms with E-state index in [0.717, 1.165) is 21.2 Å². The van der Waals surface area contributed by atoms with E-state index in [1.54, 1.807) is 6.20 Å². The summed E-state index contributed by atoms with van der Waals surface area (Å²) in [5.74, 6) is 0.956. The van der Waals surface area contributed by atoms with Crippen LogP contribution in [0.5, 0.6) is 0 Å². The lowest BCUT2D eigenvalue weighted by molar-refractivity contribution is 0.638. The van der Waals surface area contributed by atoms with E-state index in [-0.39, 0.29) is 0 Å². The minimum atomic E-state index is 0.631. The summed E-state index contributed by atoms with van der Waals surface area (Å²) >= 11 is 9.64. The van der Waals surface area contributed by atoms with Gasteiger partial charge >= 0.3 is 0 Å². The zero-order valence-corrected chi connectivity index (χ0v) is 12.0. The third kappa shape index (κ3) is 1.93. The summed E-state index contributed by atoms with van der Waals surface area (Å²) in [5, 5.41) is 6.13. The fourth-order valence-electron chi connectivity index (χ4n) is 1.86. The second-order valence-corrected chi connectivity index (χ2v) is 5.31. The second-order valence-electron chi connectivity index (χ2n) is 4.08. The topological polar surface area (TPSA) is 35.6 Å². The van der Waals surface area contributed by atoms with Gasteiger partial charge in [0, 0.05) is 35.5 Å². The Bertz CT molecular complexity index is 716. The van der Waals surface area contributed by atoms with Gasteiger partial charge in [-0.05, 0) is 28.1 Å². The van der Waals surface area contributed by atoms with Crippen molar-refractivity contribution in [2.24, 2.45) is 7.05 Å². The van der Waals surface area contributed by atoms with E-state index in [1.807, 2.05) is 40.8 Å². The number of hydrogen-bond donors (Lipinski definition) is 0. The summed E-state index contributed by atoms with van der Waals surface area (Å²) in [7, 11) is 1.97. The van der Waals surface area contributed by atoms with E-state index in [4.69, 9.17) is 11.6 Å². The Kier molecular flexibility index (Phi) is 2.87. The number of aromatic nitrogens is 4. The Balaban J connectivity index is 2.04. The van der Waals surface area contributed by atoms with Crippen LogP contribution >= 0.6 is 27.5 Å². The van der Waals surface area contributed by atoms with Crippen LogP contribution in [0.15, 0.2) is 35.2 Å². The molecule has 0 fully saturated rings. The minimum Gasteiger partial charge on any atom is -0.336 e. The van der Waals surface area contributed by atoms with Gasteiger partial charge in [0.05, 0.1) is 17.1 Å². The average Bonchev–Trinajstić information content (AvgIpc) is 2.92. The lowest BCUT2D eigenvalue weighted by Crippen LogP contribution is -2.05. The molecule has 0 aliphatic rings. The zero-order chi connectivity index (χ0) is 12.7. The first-order valence-corrected chi connectivity index (χ1v) is 6.59. The van der Waals surface area contributed by atoms with Crippen molar-refractivity contribution >= 4 is 38.4 Å². The maximum Gasteiger partial charge on any atom is 0.130 e. The Hall–Kier alpha value is -1.33. The van der Waals surface area contributed by atoms with E-state index in [0.29, 0.717) is 11.6 Å². The molecule has 3 rings (SSSR count). The van der Waals surface area contributed by atoms with Gasteiger partial charge in [-0.1, -0.05) is 11.6 Å². The van der Waals surface area contributed by atoms with Crippen LogP contribution in [0.1, 0.15) is 5.82 Å². The Labute approximate surface area is 117 Å². The van der Waals surface area contributed by atoms with Gasteiger partial charge in [-0.2, -0.15) is 5.10 Å². The number of nitrogens with zero attached hydrogens (tertiary/aromatic N) is 4. The van der Waals surface area contributed by atoms with Crippen LogP contribution in [0.25, 0.3) is 10.9 Å². The third-order valence-electron chi connectivity index (χ3n) is 2.85. The Morgan fingerprint density at radius 1 is 1.39 bits per heavy atom. The first kappa shape index (κ1) is 11.7. The Morgan fingerprint density at radius 2 is 2.22 bits per heavy atom. The van der Waals surface area contributed by atoms with Crippen LogP contribution in [-0.2, 0) is 13.6 Å². The van der Waals surface area contributed by atoms with Gasteiger partial charge in [0.1, 0.15) is 5.82 Å². The molecule has 3 aromatic rings. The van der Waals surface area contributed by atoms with Gasteiger partial charge in [0.15, 0.2) is 0 Å². The molecule has 0 amide bonds. The molecule has 0 atom stereocenters. The maximum atomic E-state index is 6.23. The van der Waals surface area contributed by atoms with E-state index in [9.17, 15) is 0 Å². The van der Waals surface area contributed by atoms with Gasteiger partial charge in [-0.25, -0.2) is 4.98 Å². The molecule has 0 spiro atoms. The lowest BCUT2D eigenvalue weighted by atomic mass is 10.3. The molecule has 92 valence electrons. The van der Waals surface area contributed by atoms with Crippen molar-refractivity contribution in [3.05, 3.63) is 46.0 Å². The molecule has 0 aliphatic heterocycles. The van der Waals surface area contributed by atoms with Crippen molar-refractivity contribution in [1.29, 1.82) is 0 Å². The molecule has 1 aromatic carbocycles. The fraction of sp³-hybridized carbons (Fsp3) is 0.167. The number of aryl methyl sites for hydroxylation is 1. The van der Waals surface area contributed by atoms with Crippen LogP contribution in [-0.4, -0.2) is 19.3 Å². The monoisotopic (exact) mass is 324 g/mol. The fourth-order valence-corrected chi connectivity index (χ4v) is 2.41. The molecule has 0 aliphatic carbocycles. The first-order chi connectivity index (χ1) is 8.65. The van der Waals surface area contributed by atoms with Crippen LogP contribution in [0.4, 0.5) is 0 Å². The van der Waals surface area contributed by atoms with Crippen molar-refractivity contribution in [2.75, 3.05) is 0 Å². The molecule has 4 nitrogen and oxygen atoms in total. The number of rotatable bonds is 2. The van der Waals surface area contributed by atoms with Crippen molar-refractivity contribution in [1.82, 2.24) is 19.3 Å². The van der Waals surface area contributed by atoms with Crippen molar-refractivity contribution in [3.8, 4) is 0 Å². The highest BCUT2D eigenvalue weighted by atomic mass is 79.9. The van der Waals surface area contributed by atoms with Gasteiger partial charge in [0.25, 0.3) is 0 Å². The highest BCUT2D eigenvalue weighted by molar-refractivity contribution is 9.10. The van der Waals surface area contributed by atoms with Crippen molar-refractivity contribution in [2.45, 2.75) is 6.54 Å². The SMILES string of the molecule is Cn1ccnc1Cn1cc2c(Cl)c(Br)ccc2n1. The molecule has 0 bridgehead atoms. The first-order valence-electron chi connectivity index (χ1n) is 5.42. The molecule has 0 saturated heterocycles. The lowest BCUT2D eigenvalue weighted by Gasteiger charge is -2.00. The Morgan fingerprint density at radius 3 is 2.94 bits per heavy atom. The summed E-state index contributed by atoms with van der Waals surface area (Å²) in [6.45, 7) is 0.631. The van der Waals surface area contributed by atoms with E-state index < -0.39 is 0 Å². The van der Waals surface area contributed by atoms with E-state index >= 15 is 0 Å². The van der Waals surface area contributed by atoms with Gasteiger partial charge in [-0.3, -0.25) is 4.68 Å². The average molecular weight is 326 g/mol. The summed E-state index contributed by atoms with van der Waals surface area (Å²) in [4.78, 5) is 4.28. The summed E-state index contributed by atoms with van der Waals surface area (Å²) in [6, 6.07) is 3.85. The molecular formula is C12H10BrClN4. The normalized spacial score (nSPS) is 11.3. The predicted molar refractivity (Wildman–Crippen MR) is 74.8 cm³/mol. The third-order valence-corrected chi connectivity index (χ3v) is 4.14. The summed E-state index contributed by atoms with van der Waals surface area (Å²) in [6.07, 6.45) is 5.64. The molecule has 0 radical (unpaired) electrons. The van der Waals surface area contributed by atoms with Gasteiger partial charge in [-0.15, -0.1) is 0 Å².